The molecular weight excluding hydrogens is 238 g/mol. The van der Waals surface area contributed by atoms with Gasteiger partial charge in [-0.1, -0.05) is 13.8 Å². The maximum atomic E-state index is 5.99. The molecule has 5 nitrogen and oxygen atoms in total. The third kappa shape index (κ3) is 3.76. The van der Waals surface area contributed by atoms with Crippen molar-refractivity contribution >= 4 is 0 Å². The van der Waals surface area contributed by atoms with E-state index in [1.807, 2.05) is 4.68 Å². The van der Waals surface area contributed by atoms with Crippen LogP contribution in [0.4, 0.5) is 0 Å². The lowest BCUT2D eigenvalue weighted by Gasteiger charge is -2.40. The Balaban J connectivity index is 2.92. The Morgan fingerprint density at radius 1 is 1.42 bits per heavy atom. The Morgan fingerprint density at radius 2 is 2.11 bits per heavy atom. The van der Waals surface area contributed by atoms with E-state index in [1.54, 1.807) is 6.33 Å². The van der Waals surface area contributed by atoms with Gasteiger partial charge >= 0.3 is 0 Å². The fourth-order valence-electron chi connectivity index (χ4n) is 2.30. The van der Waals surface area contributed by atoms with E-state index < -0.39 is 0 Å². The van der Waals surface area contributed by atoms with Crippen LogP contribution in [0.1, 0.15) is 59.3 Å². The highest BCUT2D eigenvalue weighted by Crippen LogP contribution is 2.21. The van der Waals surface area contributed by atoms with Crippen LogP contribution in [0.15, 0.2) is 6.33 Å². The van der Waals surface area contributed by atoms with Crippen molar-refractivity contribution in [1.29, 1.82) is 0 Å². The van der Waals surface area contributed by atoms with E-state index in [4.69, 9.17) is 5.73 Å². The molecule has 0 aromatic carbocycles. The van der Waals surface area contributed by atoms with Crippen molar-refractivity contribution in [2.24, 2.45) is 5.73 Å². The highest BCUT2D eigenvalue weighted by Gasteiger charge is 2.29. The van der Waals surface area contributed by atoms with Gasteiger partial charge in [0.15, 0.2) is 0 Å². The first-order chi connectivity index (χ1) is 8.98. The van der Waals surface area contributed by atoms with Gasteiger partial charge in [-0.25, -0.2) is 9.67 Å². The third-order valence-corrected chi connectivity index (χ3v) is 3.93. The zero-order valence-electron chi connectivity index (χ0n) is 13.1. The zero-order valence-corrected chi connectivity index (χ0v) is 13.1. The van der Waals surface area contributed by atoms with E-state index in [2.05, 4.69) is 49.6 Å². The molecule has 1 rings (SSSR count). The summed E-state index contributed by atoms with van der Waals surface area (Å²) in [6.45, 7) is 13.4. The second-order valence-electron chi connectivity index (χ2n) is 5.69. The summed E-state index contributed by atoms with van der Waals surface area (Å²) < 4.78 is 2.00. The summed E-state index contributed by atoms with van der Waals surface area (Å²) in [6.07, 6.45) is 3.80. The molecule has 5 heteroatoms. The monoisotopic (exact) mass is 267 g/mol. The Kier molecular flexibility index (Phi) is 5.94. The molecule has 1 aromatic rings. The van der Waals surface area contributed by atoms with Crippen LogP contribution >= 0.6 is 0 Å². The van der Waals surface area contributed by atoms with Crippen molar-refractivity contribution in [3.8, 4) is 0 Å². The maximum absolute atomic E-state index is 5.99. The van der Waals surface area contributed by atoms with Gasteiger partial charge in [0.05, 0.1) is 6.54 Å². The van der Waals surface area contributed by atoms with Crippen LogP contribution in [0.2, 0.25) is 0 Å². The second kappa shape index (κ2) is 7.01. The molecule has 2 N–H and O–H groups in total. The van der Waals surface area contributed by atoms with Crippen molar-refractivity contribution in [2.75, 3.05) is 13.1 Å². The SMILES string of the molecule is CCCN(Cc1ncnn1C(C)C)C(C)(CC)CN. The van der Waals surface area contributed by atoms with Gasteiger partial charge in [-0.15, -0.1) is 0 Å². The third-order valence-electron chi connectivity index (χ3n) is 3.93. The number of aromatic nitrogens is 3. The molecule has 0 aliphatic rings. The van der Waals surface area contributed by atoms with Crippen molar-refractivity contribution < 1.29 is 0 Å². The predicted molar refractivity (Wildman–Crippen MR) is 78.9 cm³/mol. The van der Waals surface area contributed by atoms with Crippen molar-refractivity contribution in [1.82, 2.24) is 19.7 Å². The fraction of sp³-hybridized carbons (Fsp3) is 0.857. The van der Waals surface area contributed by atoms with Crippen LogP contribution < -0.4 is 5.73 Å². The lowest BCUT2D eigenvalue weighted by atomic mass is 9.96. The van der Waals surface area contributed by atoms with Gasteiger partial charge in [0.2, 0.25) is 0 Å². The molecule has 1 aromatic heterocycles. The zero-order chi connectivity index (χ0) is 14.5. The molecule has 0 radical (unpaired) electrons. The average Bonchev–Trinajstić information content (AvgIpc) is 2.85. The molecule has 1 atom stereocenters. The van der Waals surface area contributed by atoms with Crippen molar-refractivity contribution in [3.63, 3.8) is 0 Å². The number of nitrogens with zero attached hydrogens (tertiary/aromatic N) is 4. The average molecular weight is 267 g/mol. The first-order valence-electron chi connectivity index (χ1n) is 7.32. The van der Waals surface area contributed by atoms with Gasteiger partial charge < -0.3 is 5.73 Å². The Morgan fingerprint density at radius 3 is 2.58 bits per heavy atom. The molecule has 0 fully saturated rings. The molecule has 0 saturated heterocycles. The normalized spacial score (nSPS) is 15.2. The summed E-state index contributed by atoms with van der Waals surface area (Å²) in [6, 6.07) is 0.340. The lowest BCUT2D eigenvalue weighted by molar-refractivity contribution is 0.0919. The number of hydrogen-bond donors (Lipinski definition) is 1. The van der Waals surface area contributed by atoms with E-state index in [0.29, 0.717) is 12.6 Å². The molecule has 0 aliphatic carbocycles. The van der Waals surface area contributed by atoms with E-state index in [1.165, 1.54) is 0 Å². The van der Waals surface area contributed by atoms with Crippen molar-refractivity contribution in [2.45, 2.75) is 65.6 Å². The van der Waals surface area contributed by atoms with Crippen LogP contribution in [0, 0.1) is 0 Å². The molecular formula is C14H29N5. The molecule has 0 spiro atoms. The molecule has 110 valence electrons. The summed E-state index contributed by atoms with van der Waals surface area (Å²) in [5.41, 5.74) is 6.02. The quantitative estimate of drug-likeness (QED) is 0.784. The summed E-state index contributed by atoms with van der Waals surface area (Å²) >= 11 is 0. The van der Waals surface area contributed by atoms with Gasteiger partial charge in [-0.3, -0.25) is 4.90 Å². The van der Waals surface area contributed by atoms with Crippen LogP contribution in [0.25, 0.3) is 0 Å². The Bertz CT molecular complexity index is 368. The summed E-state index contributed by atoms with van der Waals surface area (Å²) in [5.74, 6) is 1.02. The molecule has 1 unspecified atom stereocenters. The van der Waals surface area contributed by atoms with E-state index in [-0.39, 0.29) is 5.54 Å². The minimum atomic E-state index is 0.0315. The fourth-order valence-corrected chi connectivity index (χ4v) is 2.30. The number of hydrogen-bond acceptors (Lipinski definition) is 4. The van der Waals surface area contributed by atoms with Crippen LogP contribution in [0.5, 0.6) is 0 Å². The molecule has 1 heterocycles. The highest BCUT2D eigenvalue weighted by molar-refractivity contribution is 4.93. The van der Waals surface area contributed by atoms with E-state index in [9.17, 15) is 0 Å². The predicted octanol–water partition coefficient (Wildman–Crippen LogP) is 2.20. The minimum absolute atomic E-state index is 0.0315. The topological polar surface area (TPSA) is 60.0 Å². The second-order valence-corrected chi connectivity index (χ2v) is 5.69. The first kappa shape index (κ1) is 16.1. The molecule has 19 heavy (non-hydrogen) atoms. The summed E-state index contributed by atoms with van der Waals surface area (Å²) in [5, 5.41) is 4.31. The molecule has 0 amide bonds. The molecule has 0 saturated carbocycles. The lowest BCUT2D eigenvalue weighted by Crippen LogP contribution is -2.51. The van der Waals surface area contributed by atoms with E-state index >= 15 is 0 Å². The van der Waals surface area contributed by atoms with E-state index in [0.717, 1.165) is 31.8 Å². The summed E-state index contributed by atoms with van der Waals surface area (Å²) in [7, 11) is 0. The first-order valence-corrected chi connectivity index (χ1v) is 7.32. The smallest absolute Gasteiger partial charge is 0.141 e. The molecule has 0 aliphatic heterocycles. The Hall–Kier alpha value is -0.940. The van der Waals surface area contributed by atoms with Gasteiger partial charge in [-0.2, -0.15) is 5.10 Å². The van der Waals surface area contributed by atoms with Gasteiger partial charge in [-0.05, 0) is 40.2 Å². The van der Waals surface area contributed by atoms with Gasteiger partial charge in [0.25, 0.3) is 0 Å². The van der Waals surface area contributed by atoms with Gasteiger partial charge in [0, 0.05) is 18.1 Å². The molecule has 0 bridgehead atoms. The largest absolute Gasteiger partial charge is 0.329 e. The van der Waals surface area contributed by atoms with Crippen LogP contribution in [0.3, 0.4) is 0 Å². The van der Waals surface area contributed by atoms with Gasteiger partial charge in [0.1, 0.15) is 12.2 Å². The number of nitrogens with two attached hydrogens (primary N) is 1. The highest BCUT2D eigenvalue weighted by atomic mass is 15.4. The van der Waals surface area contributed by atoms with Crippen molar-refractivity contribution in [3.05, 3.63) is 12.2 Å². The Labute approximate surface area is 117 Å². The summed E-state index contributed by atoms with van der Waals surface area (Å²) in [4.78, 5) is 6.85. The minimum Gasteiger partial charge on any atom is -0.329 e. The van der Waals surface area contributed by atoms with Crippen LogP contribution in [-0.4, -0.2) is 38.3 Å². The van der Waals surface area contributed by atoms with Crippen LogP contribution in [-0.2, 0) is 6.54 Å². The maximum Gasteiger partial charge on any atom is 0.141 e. The standard InChI is InChI=1S/C14H29N5/c1-6-8-18(14(5,7-2)10-15)9-13-16-11-17-19(13)12(3)4/h11-12H,6-10,15H2,1-5H3. The number of rotatable bonds is 8.